The van der Waals surface area contributed by atoms with Crippen LogP contribution in [0.5, 0.6) is 0 Å². The Labute approximate surface area is 89.9 Å². The lowest BCUT2D eigenvalue weighted by Gasteiger charge is -2.00. The summed E-state index contributed by atoms with van der Waals surface area (Å²) >= 11 is 0. The van der Waals surface area contributed by atoms with Crippen LogP contribution in [0.25, 0.3) is 0 Å². The Morgan fingerprint density at radius 2 is 1.92 bits per heavy atom. The van der Waals surface area contributed by atoms with Crippen LogP contribution >= 0.6 is 0 Å². The van der Waals surface area contributed by atoms with Gasteiger partial charge in [-0.1, -0.05) is 13.3 Å². The molecule has 0 aromatic heterocycles. The lowest BCUT2D eigenvalue weighted by molar-refractivity contribution is -0.136. The van der Waals surface area contributed by atoms with Gasteiger partial charge in [0.25, 0.3) is 0 Å². The standard InChI is InChI=1S/C9H18O2S.ClH/c1-3-4-5-7-12(2)8-6-9(10)11;/h3-8H2,1-2H3;1H. The molecule has 0 spiro atoms. The second kappa shape index (κ2) is 10.2. The molecule has 0 aromatic carbocycles. The highest BCUT2D eigenvalue weighted by atomic mass is 35.5. The number of unbranched alkanes of at least 4 members (excludes halogenated alkanes) is 2. The number of hydrogen-bond donors (Lipinski definition) is 1. The summed E-state index contributed by atoms with van der Waals surface area (Å²) in [6.07, 6.45) is 6.29. The third-order valence-electron chi connectivity index (χ3n) is 1.76. The van der Waals surface area contributed by atoms with Crippen molar-refractivity contribution in [1.82, 2.24) is 0 Å². The van der Waals surface area contributed by atoms with Crippen molar-refractivity contribution in [3.8, 4) is 0 Å². The van der Waals surface area contributed by atoms with Crippen LogP contribution in [0.15, 0.2) is 0 Å². The molecule has 0 aromatic rings. The molecule has 0 heterocycles. The third kappa shape index (κ3) is 12.1. The Bertz CT molecular complexity index is 131. The highest BCUT2D eigenvalue weighted by Crippen LogP contribution is 2.02. The van der Waals surface area contributed by atoms with Gasteiger partial charge in [0, 0.05) is 0 Å². The SMILES string of the molecule is CCCCC[S+](C)CCC(=O)O.[Cl-]. The average Bonchev–Trinajstić information content (AvgIpc) is 2.01. The van der Waals surface area contributed by atoms with Crippen molar-refractivity contribution in [3.63, 3.8) is 0 Å². The highest BCUT2D eigenvalue weighted by molar-refractivity contribution is 7.96. The topological polar surface area (TPSA) is 37.3 Å². The predicted octanol–water partition coefficient (Wildman–Crippen LogP) is -1.10. The molecule has 0 aliphatic heterocycles. The first-order valence-corrected chi connectivity index (χ1v) is 6.45. The molecule has 0 rings (SSSR count). The minimum absolute atomic E-state index is 0. The van der Waals surface area contributed by atoms with Gasteiger partial charge in [0.15, 0.2) is 0 Å². The minimum atomic E-state index is -0.662. The summed E-state index contributed by atoms with van der Waals surface area (Å²) < 4.78 is 0. The summed E-state index contributed by atoms with van der Waals surface area (Å²) in [7, 11) is 0.327. The van der Waals surface area contributed by atoms with Gasteiger partial charge in [-0.2, -0.15) is 0 Å². The van der Waals surface area contributed by atoms with Gasteiger partial charge in [0.05, 0.1) is 12.7 Å². The van der Waals surface area contributed by atoms with E-state index in [0.717, 1.165) is 5.75 Å². The number of rotatable bonds is 7. The van der Waals surface area contributed by atoms with Gasteiger partial charge in [0.2, 0.25) is 0 Å². The summed E-state index contributed by atoms with van der Waals surface area (Å²) in [5, 5.41) is 8.44. The van der Waals surface area contributed by atoms with Crippen molar-refractivity contribution in [1.29, 1.82) is 0 Å². The van der Waals surface area contributed by atoms with Crippen molar-refractivity contribution in [3.05, 3.63) is 0 Å². The number of hydrogen-bond acceptors (Lipinski definition) is 1. The maximum absolute atomic E-state index is 10.2. The number of halogens is 1. The van der Waals surface area contributed by atoms with Crippen LogP contribution < -0.4 is 12.4 Å². The Kier molecular flexibility index (Phi) is 12.2. The second-order valence-electron chi connectivity index (χ2n) is 3.04. The quantitative estimate of drug-likeness (QED) is 0.442. The van der Waals surface area contributed by atoms with E-state index in [9.17, 15) is 4.79 Å². The monoisotopic (exact) mass is 226 g/mol. The van der Waals surface area contributed by atoms with E-state index >= 15 is 0 Å². The second-order valence-corrected chi connectivity index (χ2v) is 5.42. The van der Waals surface area contributed by atoms with E-state index in [-0.39, 0.29) is 12.4 Å². The Balaban J connectivity index is 0. The van der Waals surface area contributed by atoms with E-state index in [0.29, 0.717) is 17.3 Å². The summed E-state index contributed by atoms with van der Waals surface area (Å²) in [4.78, 5) is 10.2. The molecule has 2 nitrogen and oxygen atoms in total. The van der Waals surface area contributed by atoms with E-state index in [1.54, 1.807) is 0 Å². The Hall–Kier alpha value is 0.110. The molecule has 0 amide bonds. The van der Waals surface area contributed by atoms with Crippen LogP contribution in [0.4, 0.5) is 0 Å². The molecule has 0 fully saturated rings. The smallest absolute Gasteiger partial charge is 0.308 e. The van der Waals surface area contributed by atoms with Crippen LogP contribution in [0.2, 0.25) is 0 Å². The molecule has 1 N–H and O–H groups in total. The molecular formula is C9H19ClO2S. The van der Waals surface area contributed by atoms with Gasteiger partial charge in [-0.25, -0.2) is 0 Å². The molecule has 0 radical (unpaired) electrons. The molecular weight excluding hydrogens is 208 g/mol. The highest BCUT2D eigenvalue weighted by Gasteiger charge is 2.11. The predicted molar refractivity (Wildman–Crippen MR) is 54.8 cm³/mol. The maximum atomic E-state index is 10.2. The van der Waals surface area contributed by atoms with Crippen molar-refractivity contribution in [2.24, 2.45) is 0 Å². The largest absolute Gasteiger partial charge is 1.00 e. The Morgan fingerprint density at radius 1 is 1.31 bits per heavy atom. The summed E-state index contributed by atoms with van der Waals surface area (Å²) in [5.74, 6) is 1.41. The van der Waals surface area contributed by atoms with Crippen molar-refractivity contribution in [2.45, 2.75) is 32.6 Å². The minimum Gasteiger partial charge on any atom is -1.00 e. The first-order chi connectivity index (χ1) is 5.66. The zero-order chi connectivity index (χ0) is 9.40. The van der Waals surface area contributed by atoms with Gasteiger partial charge >= 0.3 is 5.97 Å². The fourth-order valence-corrected chi connectivity index (χ4v) is 2.39. The zero-order valence-electron chi connectivity index (χ0n) is 8.38. The first-order valence-electron chi connectivity index (χ1n) is 4.47. The van der Waals surface area contributed by atoms with Gasteiger partial charge in [0.1, 0.15) is 11.5 Å². The molecule has 0 saturated carbocycles. The fourth-order valence-electron chi connectivity index (χ4n) is 0.962. The van der Waals surface area contributed by atoms with Crippen molar-refractivity contribution >= 4 is 16.9 Å². The maximum Gasteiger partial charge on any atom is 0.308 e. The molecule has 1 unspecified atom stereocenters. The van der Waals surface area contributed by atoms with E-state index < -0.39 is 5.97 Å². The number of aliphatic carboxylic acids is 1. The fraction of sp³-hybridized carbons (Fsp3) is 0.889. The Morgan fingerprint density at radius 3 is 2.38 bits per heavy atom. The molecule has 80 valence electrons. The average molecular weight is 227 g/mol. The van der Waals surface area contributed by atoms with Gasteiger partial charge in [-0.3, -0.25) is 4.79 Å². The van der Waals surface area contributed by atoms with Gasteiger partial charge in [-0.05, 0) is 23.7 Å². The number of carbonyl (C=O) groups is 1. The molecule has 0 aliphatic rings. The lowest BCUT2D eigenvalue weighted by Crippen LogP contribution is -3.00. The normalized spacial score (nSPS) is 11.8. The molecule has 0 saturated heterocycles. The van der Waals surface area contributed by atoms with E-state index in [1.165, 1.54) is 25.0 Å². The van der Waals surface area contributed by atoms with Crippen molar-refractivity contribution < 1.29 is 22.3 Å². The zero-order valence-corrected chi connectivity index (χ0v) is 9.96. The van der Waals surface area contributed by atoms with Gasteiger partial charge in [-0.15, -0.1) is 0 Å². The van der Waals surface area contributed by atoms with Crippen LogP contribution in [0.1, 0.15) is 32.6 Å². The van der Waals surface area contributed by atoms with Crippen LogP contribution in [-0.4, -0.2) is 28.8 Å². The summed E-state index contributed by atoms with van der Waals surface area (Å²) in [6, 6.07) is 0. The first kappa shape index (κ1) is 15.6. The van der Waals surface area contributed by atoms with Crippen LogP contribution in [0, 0.1) is 0 Å². The molecule has 0 aliphatic carbocycles. The number of carboxylic acids is 1. The molecule has 4 heteroatoms. The van der Waals surface area contributed by atoms with Gasteiger partial charge < -0.3 is 17.5 Å². The van der Waals surface area contributed by atoms with E-state index in [1.807, 2.05) is 0 Å². The van der Waals surface area contributed by atoms with E-state index in [4.69, 9.17) is 5.11 Å². The third-order valence-corrected chi connectivity index (χ3v) is 3.65. The molecule has 0 bridgehead atoms. The van der Waals surface area contributed by atoms with Crippen LogP contribution in [0.3, 0.4) is 0 Å². The van der Waals surface area contributed by atoms with Crippen LogP contribution in [-0.2, 0) is 15.7 Å². The molecule has 13 heavy (non-hydrogen) atoms. The summed E-state index contributed by atoms with van der Waals surface area (Å²) in [6.45, 7) is 2.19. The molecule has 1 atom stereocenters. The van der Waals surface area contributed by atoms with E-state index in [2.05, 4.69) is 13.2 Å². The lowest BCUT2D eigenvalue weighted by atomic mass is 10.3. The number of carboxylic acid groups (broad SMARTS) is 1. The van der Waals surface area contributed by atoms with Crippen molar-refractivity contribution in [2.75, 3.05) is 17.8 Å². The summed E-state index contributed by atoms with van der Waals surface area (Å²) in [5.41, 5.74) is 0.